The van der Waals surface area contributed by atoms with Gasteiger partial charge < -0.3 is 15.2 Å². The van der Waals surface area contributed by atoms with E-state index in [-0.39, 0.29) is 18.3 Å². The van der Waals surface area contributed by atoms with Gasteiger partial charge in [-0.25, -0.2) is 4.39 Å². The zero-order valence-electron chi connectivity index (χ0n) is 12.7. The number of carbonyl (C=O) groups excluding carboxylic acids is 2. The molecule has 1 aromatic carbocycles. The number of hydrogen-bond donors (Lipinski definition) is 1. The van der Waals surface area contributed by atoms with Gasteiger partial charge in [0.2, 0.25) is 5.91 Å². The average molecular weight is 304 g/mol. The summed E-state index contributed by atoms with van der Waals surface area (Å²) >= 11 is 0. The molecule has 1 aliphatic carbocycles. The highest BCUT2D eigenvalue weighted by molar-refractivity contribution is 5.85. The van der Waals surface area contributed by atoms with E-state index < -0.39 is 17.8 Å². The maximum atomic E-state index is 12.8. The van der Waals surface area contributed by atoms with Crippen LogP contribution >= 0.6 is 0 Å². The molecular weight excluding hydrogens is 285 g/mol. The lowest BCUT2D eigenvalue weighted by Gasteiger charge is -2.32. The Hall–Kier alpha value is -2.17. The normalized spacial score (nSPS) is 21.6. The van der Waals surface area contributed by atoms with Crippen molar-refractivity contribution in [1.29, 1.82) is 0 Å². The van der Waals surface area contributed by atoms with Crippen molar-refractivity contribution in [1.82, 2.24) is 5.32 Å². The summed E-state index contributed by atoms with van der Waals surface area (Å²) in [6.07, 6.45) is 0.780. The first-order valence-corrected chi connectivity index (χ1v) is 7.26. The summed E-state index contributed by atoms with van der Waals surface area (Å²) in [6, 6.07) is 5.81. The van der Waals surface area contributed by atoms with Crippen LogP contribution in [0.15, 0.2) is 35.4 Å². The number of benzene rings is 1. The summed E-state index contributed by atoms with van der Waals surface area (Å²) in [5.74, 6) is -3.24. The van der Waals surface area contributed by atoms with Crippen LogP contribution in [0, 0.1) is 17.7 Å². The van der Waals surface area contributed by atoms with Crippen molar-refractivity contribution in [3.63, 3.8) is 0 Å². The molecule has 0 aliphatic heterocycles. The van der Waals surface area contributed by atoms with Crippen molar-refractivity contribution in [2.24, 2.45) is 11.8 Å². The first kappa shape index (κ1) is 16.2. The minimum Gasteiger partial charge on any atom is -0.550 e. The third kappa shape index (κ3) is 3.72. The summed E-state index contributed by atoms with van der Waals surface area (Å²) < 4.78 is 12.8. The fourth-order valence-corrected chi connectivity index (χ4v) is 2.74. The Morgan fingerprint density at radius 3 is 2.23 bits per heavy atom. The van der Waals surface area contributed by atoms with Crippen molar-refractivity contribution < 1.29 is 19.1 Å². The molecule has 0 saturated heterocycles. The van der Waals surface area contributed by atoms with Crippen molar-refractivity contribution in [2.45, 2.75) is 33.2 Å². The molecule has 0 bridgehead atoms. The molecule has 0 saturated carbocycles. The minimum atomic E-state index is -1.19. The number of amides is 1. The Balaban J connectivity index is 2.04. The molecule has 0 heterocycles. The molecule has 4 nitrogen and oxygen atoms in total. The lowest BCUT2D eigenvalue weighted by atomic mass is 9.76. The van der Waals surface area contributed by atoms with Crippen molar-refractivity contribution in [3.05, 3.63) is 46.8 Å². The second-order valence-corrected chi connectivity index (χ2v) is 5.85. The molecule has 0 radical (unpaired) electrons. The van der Waals surface area contributed by atoms with Crippen LogP contribution in [0.1, 0.15) is 32.3 Å². The predicted molar refractivity (Wildman–Crippen MR) is 77.8 cm³/mol. The number of allylic oxidation sites excluding steroid dienone is 2. The third-order valence-corrected chi connectivity index (χ3v) is 4.29. The Morgan fingerprint density at radius 2 is 1.68 bits per heavy atom. The van der Waals surface area contributed by atoms with E-state index in [1.807, 2.05) is 13.8 Å². The first-order chi connectivity index (χ1) is 10.4. The van der Waals surface area contributed by atoms with Gasteiger partial charge in [-0.1, -0.05) is 23.3 Å². The van der Waals surface area contributed by atoms with Gasteiger partial charge in [0.1, 0.15) is 5.82 Å². The SMILES string of the molecule is CC1=C(C)C[C@@H](C(=O)NCc2ccc(F)cc2)[C@H](C(=O)[O-])C1. The molecule has 0 spiro atoms. The van der Waals surface area contributed by atoms with Gasteiger partial charge >= 0.3 is 0 Å². The topological polar surface area (TPSA) is 69.2 Å². The zero-order chi connectivity index (χ0) is 16.3. The highest BCUT2D eigenvalue weighted by Crippen LogP contribution is 2.34. The van der Waals surface area contributed by atoms with Crippen LogP contribution in [-0.2, 0) is 16.1 Å². The Morgan fingerprint density at radius 1 is 1.14 bits per heavy atom. The van der Waals surface area contributed by atoms with E-state index in [4.69, 9.17) is 0 Å². The number of hydrogen-bond acceptors (Lipinski definition) is 3. The fourth-order valence-electron chi connectivity index (χ4n) is 2.74. The molecular formula is C17H19FNO3-. The number of halogens is 1. The zero-order valence-corrected chi connectivity index (χ0v) is 12.7. The Kier molecular flexibility index (Phi) is 4.96. The van der Waals surface area contributed by atoms with Crippen LogP contribution in [0.5, 0.6) is 0 Å². The van der Waals surface area contributed by atoms with E-state index in [0.717, 1.165) is 16.7 Å². The number of nitrogens with one attached hydrogen (secondary N) is 1. The molecule has 0 fully saturated rings. The first-order valence-electron chi connectivity index (χ1n) is 7.26. The maximum Gasteiger partial charge on any atom is 0.224 e. The van der Waals surface area contributed by atoms with Crippen molar-refractivity contribution >= 4 is 11.9 Å². The number of rotatable bonds is 4. The number of carbonyl (C=O) groups is 2. The average Bonchev–Trinajstić information content (AvgIpc) is 2.48. The number of carboxylic acids is 1. The van der Waals surface area contributed by atoms with Gasteiger partial charge in [-0.15, -0.1) is 0 Å². The van der Waals surface area contributed by atoms with Gasteiger partial charge in [0.05, 0.1) is 0 Å². The molecule has 0 unspecified atom stereocenters. The molecule has 1 aromatic rings. The van der Waals surface area contributed by atoms with Crippen molar-refractivity contribution in [2.75, 3.05) is 0 Å². The van der Waals surface area contributed by atoms with Crippen LogP contribution < -0.4 is 10.4 Å². The van der Waals surface area contributed by atoms with Crippen molar-refractivity contribution in [3.8, 4) is 0 Å². The van der Waals surface area contributed by atoms with E-state index >= 15 is 0 Å². The van der Waals surface area contributed by atoms with Gasteiger partial charge in [-0.3, -0.25) is 4.79 Å². The molecule has 5 heteroatoms. The maximum absolute atomic E-state index is 12.8. The van der Waals surface area contributed by atoms with E-state index in [2.05, 4.69) is 5.32 Å². The monoisotopic (exact) mass is 304 g/mol. The van der Waals surface area contributed by atoms with E-state index in [9.17, 15) is 19.1 Å². The molecule has 1 N–H and O–H groups in total. The summed E-state index contributed by atoms with van der Waals surface area (Å²) in [6.45, 7) is 4.05. The quantitative estimate of drug-likeness (QED) is 0.858. The molecule has 22 heavy (non-hydrogen) atoms. The van der Waals surface area contributed by atoms with E-state index in [1.165, 1.54) is 12.1 Å². The summed E-state index contributed by atoms with van der Waals surface area (Å²) in [5.41, 5.74) is 2.83. The third-order valence-electron chi connectivity index (χ3n) is 4.29. The predicted octanol–water partition coefficient (Wildman–Crippen LogP) is 1.55. The highest BCUT2D eigenvalue weighted by Gasteiger charge is 2.33. The molecule has 0 aromatic heterocycles. The van der Waals surface area contributed by atoms with Crippen LogP contribution in [0.2, 0.25) is 0 Å². The fraction of sp³-hybridized carbons (Fsp3) is 0.412. The van der Waals surface area contributed by atoms with Gasteiger partial charge in [0.15, 0.2) is 0 Å². The van der Waals surface area contributed by atoms with Crippen LogP contribution in [0.25, 0.3) is 0 Å². The smallest absolute Gasteiger partial charge is 0.224 e. The summed E-state index contributed by atoms with van der Waals surface area (Å²) in [4.78, 5) is 23.6. The molecule has 1 amide bonds. The van der Waals surface area contributed by atoms with Crippen LogP contribution in [-0.4, -0.2) is 11.9 Å². The second-order valence-electron chi connectivity index (χ2n) is 5.85. The Bertz CT molecular complexity index is 607. The van der Waals surface area contributed by atoms with E-state index in [0.29, 0.717) is 12.8 Å². The van der Waals surface area contributed by atoms with Gasteiger partial charge in [0, 0.05) is 24.3 Å². The van der Waals surface area contributed by atoms with Crippen LogP contribution in [0.3, 0.4) is 0 Å². The van der Waals surface area contributed by atoms with Gasteiger partial charge in [-0.05, 0) is 44.4 Å². The lowest BCUT2D eigenvalue weighted by Crippen LogP contribution is -2.44. The highest BCUT2D eigenvalue weighted by atomic mass is 19.1. The number of aliphatic carboxylic acids is 1. The summed E-state index contributed by atoms with van der Waals surface area (Å²) in [7, 11) is 0. The lowest BCUT2D eigenvalue weighted by molar-refractivity contribution is -0.313. The molecule has 1 aliphatic rings. The van der Waals surface area contributed by atoms with E-state index in [1.54, 1.807) is 12.1 Å². The minimum absolute atomic E-state index is 0.247. The molecule has 2 rings (SSSR count). The number of carboxylic acid groups (broad SMARTS) is 1. The Labute approximate surface area is 129 Å². The van der Waals surface area contributed by atoms with Gasteiger partial charge in [-0.2, -0.15) is 0 Å². The molecule has 118 valence electrons. The largest absolute Gasteiger partial charge is 0.550 e. The van der Waals surface area contributed by atoms with Crippen LogP contribution in [0.4, 0.5) is 4.39 Å². The molecule has 2 atom stereocenters. The standard InChI is InChI=1S/C17H20FNO3/c1-10-7-14(15(17(21)22)8-11(10)2)16(20)19-9-12-3-5-13(18)6-4-12/h3-6,14-15H,7-9H2,1-2H3,(H,19,20)(H,21,22)/p-1/t14-,15-/m1/s1. The van der Waals surface area contributed by atoms with Gasteiger partial charge in [0.25, 0.3) is 0 Å². The summed E-state index contributed by atoms with van der Waals surface area (Å²) in [5, 5.41) is 14.0. The second kappa shape index (κ2) is 6.73.